The lowest BCUT2D eigenvalue weighted by Gasteiger charge is -2.35. The minimum atomic E-state index is -1.14. The molecule has 0 aromatic heterocycles. The predicted octanol–water partition coefficient (Wildman–Crippen LogP) is 1.96. The van der Waals surface area contributed by atoms with E-state index in [1.807, 2.05) is 6.42 Å². The fraction of sp³-hybridized carbons (Fsp3) is 0.133. The van der Waals surface area contributed by atoms with Crippen LogP contribution in [0, 0.1) is 6.42 Å². The van der Waals surface area contributed by atoms with E-state index in [1.165, 1.54) is 7.11 Å². The van der Waals surface area contributed by atoms with E-state index >= 15 is 0 Å². The van der Waals surface area contributed by atoms with Gasteiger partial charge in [-0.1, -0.05) is 24.3 Å². The predicted molar refractivity (Wildman–Crippen MR) is 69.3 cm³/mol. The second-order valence-corrected chi connectivity index (χ2v) is 4.36. The number of carbonyl (C=O) groups is 2. The van der Waals surface area contributed by atoms with E-state index in [0.29, 0.717) is 11.1 Å². The first-order valence-corrected chi connectivity index (χ1v) is 5.93. The van der Waals surface area contributed by atoms with Crippen molar-refractivity contribution in [1.29, 1.82) is 0 Å². The molecule has 4 nitrogen and oxygen atoms in total. The van der Waals surface area contributed by atoms with Crippen LogP contribution in [0.25, 0.3) is 0 Å². The molecule has 0 N–H and O–H groups in total. The van der Waals surface area contributed by atoms with Crippen molar-refractivity contribution < 1.29 is 14.3 Å². The summed E-state index contributed by atoms with van der Waals surface area (Å²) in [5.74, 6) is -0.669. The van der Waals surface area contributed by atoms with Crippen LogP contribution in [0.4, 0.5) is 0 Å². The molecule has 1 radical (unpaired) electrons. The molecule has 4 heteroatoms. The average Bonchev–Trinajstić information content (AvgIpc) is 2.73. The van der Waals surface area contributed by atoms with Gasteiger partial charge in [0, 0.05) is 13.5 Å². The molecule has 0 unspecified atom stereocenters. The number of carbonyl (C=O) groups excluding carboxylic acids is 2. The highest BCUT2D eigenvalue weighted by atomic mass is 16.5. The maximum absolute atomic E-state index is 12.4. The summed E-state index contributed by atoms with van der Waals surface area (Å²) in [5.41, 5.74) is -0.303. The van der Waals surface area contributed by atoms with E-state index in [0.717, 1.165) is 4.90 Å². The monoisotopic (exact) mass is 254 g/mol. The molecular weight excluding hydrogens is 242 g/mol. The summed E-state index contributed by atoms with van der Waals surface area (Å²) in [6, 6.07) is 6.79. The Bertz CT molecular complexity index is 569. The van der Waals surface area contributed by atoms with E-state index in [9.17, 15) is 9.59 Å². The van der Waals surface area contributed by atoms with Crippen molar-refractivity contribution in [2.24, 2.45) is 0 Å². The zero-order valence-electron chi connectivity index (χ0n) is 10.4. The first-order chi connectivity index (χ1) is 9.19. The van der Waals surface area contributed by atoms with Crippen molar-refractivity contribution >= 4 is 11.8 Å². The van der Waals surface area contributed by atoms with Gasteiger partial charge in [-0.15, -0.1) is 0 Å². The van der Waals surface area contributed by atoms with Crippen molar-refractivity contribution in [3.63, 3.8) is 0 Å². The number of benzene rings is 1. The third kappa shape index (κ3) is 1.57. The van der Waals surface area contributed by atoms with Crippen molar-refractivity contribution in [3.05, 3.63) is 66.1 Å². The van der Waals surface area contributed by atoms with Gasteiger partial charge in [0.25, 0.3) is 11.8 Å². The van der Waals surface area contributed by atoms with Gasteiger partial charge in [0.05, 0.1) is 11.1 Å². The average molecular weight is 254 g/mol. The summed E-state index contributed by atoms with van der Waals surface area (Å²) < 4.78 is 5.43. The molecule has 2 aliphatic rings. The van der Waals surface area contributed by atoms with Crippen LogP contribution in [0.3, 0.4) is 0 Å². The molecule has 1 aliphatic heterocycles. The van der Waals surface area contributed by atoms with Gasteiger partial charge < -0.3 is 4.74 Å². The normalized spacial score (nSPS) is 19.9. The van der Waals surface area contributed by atoms with E-state index in [1.54, 1.807) is 48.6 Å². The molecule has 0 bridgehead atoms. The SMILES string of the molecule is COC1(N2C(=O)c3ccccc3C2=O)C=C[CH]C=C1. The molecule has 19 heavy (non-hydrogen) atoms. The summed E-state index contributed by atoms with van der Waals surface area (Å²) >= 11 is 0. The summed E-state index contributed by atoms with van der Waals surface area (Å²) in [5, 5.41) is 0. The smallest absolute Gasteiger partial charge is 0.264 e. The molecule has 1 aromatic rings. The molecule has 1 heterocycles. The molecular formula is C15H12NO3. The first-order valence-electron chi connectivity index (χ1n) is 5.93. The zero-order chi connectivity index (χ0) is 13.5. The molecule has 0 spiro atoms. The number of imide groups is 1. The molecule has 2 amide bonds. The fourth-order valence-electron chi connectivity index (χ4n) is 2.39. The highest BCUT2D eigenvalue weighted by Crippen LogP contribution is 2.33. The highest BCUT2D eigenvalue weighted by molar-refractivity contribution is 6.22. The van der Waals surface area contributed by atoms with Crippen LogP contribution in [0.2, 0.25) is 0 Å². The van der Waals surface area contributed by atoms with Gasteiger partial charge in [-0.05, 0) is 24.3 Å². The van der Waals surface area contributed by atoms with Crippen molar-refractivity contribution in [2.45, 2.75) is 5.72 Å². The summed E-state index contributed by atoms with van der Waals surface area (Å²) in [7, 11) is 1.48. The number of ether oxygens (including phenoxy) is 1. The van der Waals surface area contributed by atoms with Crippen molar-refractivity contribution in [1.82, 2.24) is 4.90 Å². The fourth-order valence-corrected chi connectivity index (χ4v) is 2.39. The van der Waals surface area contributed by atoms with Gasteiger partial charge in [-0.3, -0.25) is 9.59 Å². The van der Waals surface area contributed by atoms with Gasteiger partial charge in [-0.25, -0.2) is 4.90 Å². The van der Waals surface area contributed by atoms with Crippen LogP contribution in [0.5, 0.6) is 0 Å². The molecule has 95 valence electrons. The second kappa shape index (κ2) is 4.17. The molecule has 1 aromatic carbocycles. The van der Waals surface area contributed by atoms with Gasteiger partial charge in [-0.2, -0.15) is 0 Å². The topological polar surface area (TPSA) is 46.6 Å². The lowest BCUT2D eigenvalue weighted by Crippen LogP contribution is -2.51. The Morgan fingerprint density at radius 2 is 1.53 bits per heavy atom. The third-order valence-corrected chi connectivity index (χ3v) is 3.36. The van der Waals surface area contributed by atoms with Crippen LogP contribution >= 0.6 is 0 Å². The van der Waals surface area contributed by atoms with Crippen molar-refractivity contribution in [2.75, 3.05) is 7.11 Å². The van der Waals surface area contributed by atoms with Crippen LogP contribution < -0.4 is 0 Å². The molecule has 1 aliphatic carbocycles. The quantitative estimate of drug-likeness (QED) is 0.758. The van der Waals surface area contributed by atoms with Crippen LogP contribution in [0.15, 0.2) is 48.6 Å². The minimum absolute atomic E-state index is 0.335. The van der Waals surface area contributed by atoms with Crippen LogP contribution in [0.1, 0.15) is 20.7 Å². The summed E-state index contributed by atoms with van der Waals surface area (Å²) in [6.45, 7) is 0. The van der Waals surface area contributed by atoms with Crippen LogP contribution in [-0.4, -0.2) is 29.5 Å². The lowest BCUT2D eigenvalue weighted by molar-refractivity contribution is -0.0319. The van der Waals surface area contributed by atoms with E-state index in [2.05, 4.69) is 0 Å². The van der Waals surface area contributed by atoms with Crippen molar-refractivity contribution in [3.8, 4) is 0 Å². The lowest BCUT2D eigenvalue weighted by atomic mass is 10.0. The number of nitrogens with zero attached hydrogens (tertiary/aromatic N) is 1. The van der Waals surface area contributed by atoms with E-state index < -0.39 is 5.72 Å². The molecule has 0 atom stereocenters. The maximum atomic E-state index is 12.4. The number of methoxy groups -OCH3 is 1. The summed E-state index contributed by atoms with van der Waals surface area (Å²) in [6.07, 6.45) is 8.71. The number of allylic oxidation sites excluding steroid dienone is 2. The van der Waals surface area contributed by atoms with E-state index in [-0.39, 0.29) is 11.8 Å². The zero-order valence-corrected chi connectivity index (χ0v) is 10.4. The largest absolute Gasteiger partial charge is 0.351 e. The second-order valence-electron chi connectivity index (χ2n) is 4.36. The Morgan fingerprint density at radius 3 is 2.00 bits per heavy atom. The highest BCUT2D eigenvalue weighted by Gasteiger charge is 2.47. The number of rotatable bonds is 2. The van der Waals surface area contributed by atoms with Gasteiger partial charge in [0.1, 0.15) is 0 Å². The number of hydrogen-bond acceptors (Lipinski definition) is 3. The molecule has 0 fully saturated rings. The van der Waals surface area contributed by atoms with Gasteiger partial charge >= 0.3 is 0 Å². The van der Waals surface area contributed by atoms with E-state index in [4.69, 9.17) is 4.74 Å². The Balaban J connectivity index is 2.11. The molecule has 3 rings (SSSR count). The first kappa shape index (κ1) is 11.9. The standard InChI is InChI=1S/C15H12NO3/c1-19-15(9-5-2-6-10-15)16-13(17)11-7-3-4-8-12(11)14(16)18/h2-10H,1H3. The minimum Gasteiger partial charge on any atom is -0.351 e. The summed E-state index contributed by atoms with van der Waals surface area (Å²) in [4.78, 5) is 26.0. The Kier molecular flexibility index (Phi) is 2.61. The molecule has 0 saturated heterocycles. The molecule has 0 saturated carbocycles. The maximum Gasteiger partial charge on any atom is 0.264 e. The Hall–Kier alpha value is -2.20. The van der Waals surface area contributed by atoms with Crippen LogP contribution in [-0.2, 0) is 4.74 Å². The third-order valence-electron chi connectivity index (χ3n) is 3.36. The Morgan fingerprint density at radius 1 is 1.00 bits per heavy atom. The number of hydrogen-bond donors (Lipinski definition) is 0. The number of amides is 2. The van der Waals surface area contributed by atoms with Gasteiger partial charge in [0.2, 0.25) is 0 Å². The number of fused-ring (bicyclic) bond motifs is 1. The Labute approximate surface area is 111 Å². The van der Waals surface area contributed by atoms with Gasteiger partial charge in [0.15, 0.2) is 5.72 Å².